The highest BCUT2D eigenvalue weighted by atomic mass is 35.5. The Morgan fingerprint density at radius 2 is 1.59 bits per heavy atom. The van der Waals surface area contributed by atoms with E-state index in [1.54, 1.807) is 42.5 Å². The van der Waals surface area contributed by atoms with Crippen molar-refractivity contribution in [2.75, 3.05) is 17.2 Å². The van der Waals surface area contributed by atoms with Crippen LogP contribution in [-0.2, 0) is 4.79 Å². The van der Waals surface area contributed by atoms with Crippen molar-refractivity contribution in [2.45, 2.75) is 0 Å². The number of hydrogen-bond donors (Lipinski definition) is 3. The number of amides is 2. The summed E-state index contributed by atoms with van der Waals surface area (Å²) >= 11 is 11.7. The summed E-state index contributed by atoms with van der Waals surface area (Å²) in [5.74, 6) is -0.753. The van der Waals surface area contributed by atoms with Gasteiger partial charge in [0, 0.05) is 16.9 Å². The van der Waals surface area contributed by atoms with Crippen LogP contribution in [0.5, 0.6) is 0 Å². The molecule has 7 heteroatoms. The molecule has 2 amide bonds. The fourth-order valence-electron chi connectivity index (χ4n) is 1.71. The SMILES string of the molecule is NC(=O)c1ccc(NC(=O)CNc2ccc(Cl)c(Cl)c2)cc1. The normalized spacial score (nSPS) is 10.1. The first-order chi connectivity index (χ1) is 10.5. The van der Waals surface area contributed by atoms with Crippen molar-refractivity contribution in [2.24, 2.45) is 5.73 Å². The van der Waals surface area contributed by atoms with E-state index in [9.17, 15) is 9.59 Å². The number of carbonyl (C=O) groups is 2. The largest absolute Gasteiger partial charge is 0.376 e. The summed E-state index contributed by atoms with van der Waals surface area (Å²) in [6.07, 6.45) is 0. The molecule has 22 heavy (non-hydrogen) atoms. The molecule has 4 N–H and O–H groups in total. The van der Waals surface area contributed by atoms with Crippen LogP contribution in [-0.4, -0.2) is 18.4 Å². The Balaban J connectivity index is 1.89. The van der Waals surface area contributed by atoms with Gasteiger partial charge in [0.2, 0.25) is 11.8 Å². The van der Waals surface area contributed by atoms with Crippen LogP contribution < -0.4 is 16.4 Å². The molecular formula is C15H13Cl2N3O2. The Bertz CT molecular complexity index is 702. The lowest BCUT2D eigenvalue weighted by molar-refractivity contribution is -0.114. The molecule has 2 rings (SSSR count). The van der Waals surface area contributed by atoms with Gasteiger partial charge in [-0.15, -0.1) is 0 Å². The van der Waals surface area contributed by atoms with E-state index < -0.39 is 5.91 Å². The molecule has 0 bridgehead atoms. The molecule has 114 valence electrons. The predicted molar refractivity (Wildman–Crippen MR) is 88.5 cm³/mol. The maximum absolute atomic E-state index is 11.8. The second kappa shape index (κ2) is 7.15. The number of nitrogens with two attached hydrogens (primary N) is 1. The topological polar surface area (TPSA) is 84.2 Å². The third kappa shape index (κ3) is 4.38. The van der Waals surface area contributed by atoms with Crippen LogP contribution in [0.25, 0.3) is 0 Å². The van der Waals surface area contributed by atoms with Crippen LogP contribution >= 0.6 is 23.2 Å². The van der Waals surface area contributed by atoms with E-state index in [1.807, 2.05) is 0 Å². The summed E-state index contributed by atoms with van der Waals surface area (Å²) in [6, 6.07) is 11.3. The maximum Gasteiger partial charge on any atom is 0.248 e. The van der Waals surface area contributed by atoms with Crippen molar-refractivity contribution in [3.05, 3.63) is 58.1 Å². The third-order valence-electron chi connectivity index (χ3n) is 2.83. The summed E-state index contributed by atoms with van der Waals surface area (Å²) in [4.78, 5) is 22.8. The summed E-state index contributed by atoms with van der Waals surface area (Å²) in [6.45, 7) is 0.0650. The molecular weight excluding hydrogens is 325 g/mol. The van der Waals surface area contributed by atoms with Gasteiger partial charge in [-0.05, 0) is 42.5 Å². The van der Waals surface area contributed by atoms with E-state index in [0.29, 0.717) is 27.0 Å². The lowest BCUT2D eigenvalue weighted by atomic mass is 10.2. The van der Waals surface area contributed by atoms with E-state index in [4.69, 9.17) is 28.9 Å². The smallest absolute Gasteiger partial charge is 0.248 e. The molecule has 0 aliphatic heterocycles. The number of carbonyl (C=O) groups excluding carboxylic acids is 2. The Hall–Kier alpha value is -2.24. The number of benzene rings is 2. The van der Waals surface area contributed by atoms with Gasteiger partial charge in [-0.3, -0.25) is 9.59 Å². The average Bonchev–Trinajstić information content (AvgIpc) is 2.49. The minimum absolute atomic E-state index is 0.0650. The Kier molecular flexibility index (Phi) is 5.25. The van der Waals surface area contributed by atoms with Gasteiger partial charge in [0.15, 0.2) is 0 Å². The van der Waals surface area contributed by atoms with Gasteiger partial charge in [0.05, 0.1) is 16.6 Å². The van der Waals surface area contributed by atoms with Gasteiger partial charge in [-0.1, -0.05) is 23.2 Å². The maximum atomic E-state index is 11.8. The number of nitrogens with one attached hydrogen (secondary N) is 2. The molecule has 0 atom stereocenters. The number of hydrogen-bond acceptors (Lipinski definition) is 3. The minimum Gasteiger partial charge on any atom is -0.376 e. The molecule has 2 aromatic rings. The fourth-order valence-corrected chi connectivity index (χ4v) is 2.01. The first-order valence-electron chi connectivity index (χ1n) is 6.34. The standard InChI is InChI=1S/C15H13Cl2N3O2/c16-12-6-5-11(7-13(12)17)19-8-14(21)20-10-3-1-9(2-4-10)15(18)22/h1-7,19H,8H2,(H2,18,22)(H,20,21). The van der Waals surface area contributed by atoms with Crippen molar-refractivity contribution < 1.29 is 9.59 Å². The zero-order valence-corrected chi connectivity index (χ0v) is 12.9. The van der Waals surface area contributed by atoms with E-state index in [0.717, 1.165) is 0 Å². The second-order valence-electron chi connectivity index (χ2n) is 4.47. The second-order valence-corrected chi connectivity index (χ2v) is 5.29. The lowest BCUT2D eigenvalue weighted by Gasteiger charge is -2.09. The van der Waals surface area contributed by atoms with Crippen molar-refractivity contribution >= 4 is 46.4 Å². The molecule has 5 nitrogen and oxygen atoms in total. The highest BCUT2D eigenvalue weighted by Crippen LogP contribution is 2.24. The summed E-state index contributed by atoms with van der Waals surface area (Å²) in [7, 11) is 0. The Morgan fingerprint density at radius 1 is 0.955 bits per heavy atom. The van der Waals surface area contributed by atoms with Gasteiger partial charge in [-0.2, -0.15) is 0 Å². The molecule has 0 radical (unpaired) electrons. The lowest BCUT2D eigenvalue weighted by Crippen LogP contribution is -2.21. The third-order valence-corrected chi connectivity index (χ3v) is 3.56. The molecule has 0 saturated carbocycles. The molecule has 0 aliphatic carbocycles. The number of rotatable bonds is 5. The van der Waals surface area contributed by atoms with E-state index in [2.05, 4.69) is 10.6 Å². The number of anilines is 2. The fraction of sp³-hybridized carbons (Fsp3) is 0.0667. The Labute approximate surface area is 137 Å². The van der Waals surface area contributed by atoms with Gasteiger partial charge in [-0.25, -0.2) is 0 Å². The van der Waals surface area contributed by atoms with Gasteiger partial charge in [0.25, 0.3) is 0 Å². The van der Waals surface area contributed by atoms with Crippen LogP contribution in [0.3, 0.4) is 0 Å². The molecule has 0 aliphatic rings. The predicted octanol–water partition coefficient (Wildman–Crippen LogP) is 3.14. The molecule has 0 unspecified atom stereocenters. The van der Waals surface area contributed by atoms with Crippen LogP contribution in [0.2, 0.25) is 10.0 Å². The first kappa shape index (κ1) is 16.1. The van der Waals surface area contributed by atoms with Crippen LogP contribution in [0.4, 0.5) is 11.4 Å². The number of halogens is 2. The van der Waals surface area contributed by atoms with E-state index >= 15 is 0 Å². The summed E-state index contributed by atoms with van der Waals surface area (Å²) in [5, 5.41) is 6.49. The number of primary amides is 1. The minimum atomic E-state index is -0.515. The van der Waals surface area contributed by atoms with E-state index in [-0.39, 0.29) is 12.5 Å². The van der Waals surface area contributed by atoms with Crippen molar-refractivity contribution in [1.29, 1.82) is 0 Å². The molecule has 0 fully saturated rings. The highest BCUT2D eigenvalue weighted by molar-refractivity contribution is 6.42. The average molecular weight is 338 g/mol. The molecule has 0 heterocycles. The van der Waals surface area contributed by atoms with Gasteiger partial charge < -0.3 is 16.4 Å². The molecule has 2 aromatic carbocycles. The quantitative estimate of drug-likeness (QED) is 0.783. The molecule has 0 saturated heterocycles. The summed E-state index contributed by atoms with van der Waals surface area (Å²) in [5.41, 5.74) is 6.79. The molecule has 0 spiro atoms. The monoisotopic (exact) mass is 337 g/mol. The van der Waals surface area contributed by atoms with Crippen molar-refractivity contribution in [3.8, 4) is 0 Å². The highest BCUT2D eigenvalue weighted by Gasteiger charge is 2.05. The zero-order valence-electron chi connectivity index (χ0n) is 11.4. The first-order valence-corrected chi connectivity index (χ1v) is 7.10. The Morgan fingerprint density at radius 3 is 2.18 bits per heavy atom. The van der Waals surface area contributed by atoms with Crippen molar-refractivity contribution in [3.63, 3.8) is 0 Å². The van der Waals surface area contributed by atoms with E-state index in [1.165, 1.54) is 0 Å². The van der Waals surface area contributed by atoms with Crippen LogP contribution in [0.1, 0.15) is 10.4 Å². The van der Waals surface area contributed by atoms with Crippen LogP contribution in [0, 0.1) is 0 Å². The summed E-state index contributed by atoms with van der Waals surface area (Å²) < 4.78 is 0. The van der Waals surface area contributed by atoms with Crippen molar-refractivity contribution in [1.82, 2.24) is 0 Å². The van der Waals surface area contributed by atoms with Gasteiger partial charge >= 0.3 is 0 Å². The molecule has 0 aromatic heterocycles. The zero-order chi connectivity index (χ0) is 16.1. The van der Waals surface area contributed by atoms with Gasteiger partial charge in [0.1, 0.15) is 0 Å². The van der Waals surface area contributed by atoms with Crippen LogP contribution in [0.15, 0.2) is 42.5 Å².